The van der Waals surface area contributed by atoms with E-state index in [-0.39, 0.29) is 0 Å². The molecule has 0 radical (unpaired) electrons. The molecular weight excluding hydrogens is 210 g/mol. The highest BCUT2D eigenvalue weighted by molar-refractivity contribution is 4.62. The highest BCUT2D eigenvalue weighted by Gasteiger charge is 1.78. The molecule has 0 bridgehead atoms. The van der Waals surface area contributed by atoms with Gasteiger partial charge in [0.05, 0.1) is 6.61 Å². The first kappa shape index (κ1) is 25.5. The molecule has 0 rings (SSSR count). The zero-order chi connectivity index (χ0) is 14.4. The standard InChI is InChI=1S/C6H15N.C4H8O.C3H8.C2H6/c1-3-4-5-6-7-2;1-3-4-5-2;1-3-2;1-2/h7H,3-6H2,1-2H3;3H,1,4H2,2H3;3H2,1-2H3;1-2H3. The molecule has 0 aliphatic rings. The summed E-state index contributed by atoms with van der Waals surface area (Å²) in [5.41, 5.74) is 0. The van der Waals surface area contributed by atoms with Crippen molar-refractivity contribution in [3.8, 4) is 0 Å². The monoisotopic (exact) mass is 247 g/mol. The molecule has 0 amide bonds. The van der Waals surface area contributed by atoms with Gasteiger partial charge in [-0.15, -0.1) is 6.58 Å². The molecule has 0 spiro atoms. The summed E-state index contributed by atoms with van der Waals surface area (Å²) in [7, 11) is 3.64. The van der Waals surface area contributed by atoms with Crippen LogP contribution in [0.5, 0.6) is 0 Å². The fourth-order valence-electron chi connectivity index (χ4n) is 0.670. The van der Waals surface area contributed by atoms with Gasteiger partial charge in [0.1, 0.15) is 0 Å². The Bertz CT molecular complexity index is 81.0. The maximum absolute atomic E-state index is 4.57. The van der Waals surface area contributed by atoms with Crippen LogP contribution >= 0.6 is 0 Å². The van der Waals surface area contributed by atoms with Crippen LogP contribution in [0.4, 0.5) is 0 Å². The van der Waals surface area contributed by atoms with E-state index in [0.717, 1.165) is 0 Å². The van der Waals surface area contributed by atoms with Crippen LogP contribution < -0.4 is 5.32 Å². The van der Waals surface area contributed by atoms with Crippen molar-refractivity contribution in [2.24, 2.45) is 0 Å². The Labute approximate surface area is 111 Å². The molecule has 0 heterocycles. The van der Waals surface area contributed by atoms with E-state index in [1.54, 1.807) is 13.2 Å². The lowest BCUT2D eigenvalue weighted by molar-refractivity contribution is 0.234. The van der Waals surface area contributed by atoms with Crippen molar-refractivity contribution in [1.82, 2.24) is 5.32 Å². The second kappa shape index (κ2) is 44.9. The summed E-state index contributed by atoms with van der Waals surface area (Å²) >= 11 is 0. The van der Waals surface area contributed by atoms with Crippen molar-refractivity contribution >= 4 is 0 Å². The van der Waals surface area contributed by atoms with E-state index >= 15 is 0 Å². The van der Waals surface area contributed by atoms with E-state index < -0.39 is 0 Å². The van der Waals surface area contributed by atoms with E-state index in [2.05, 4.69) is 37.4 Å². The molecule has 0 saturated heterocycles. The average molecular weight is 247 g/mol. The summed E-state index contributed by atoms with van der Waals surface area (Å²) in [6.07, 6.45) is 6.97. The second-order valence-corrected chi connectivity index (χ2v) is 3.26. The van der Waals surface area contributed by atoms with Crippen LogP contribution in [0, 0.1) is 0 Å². The largest absolute Gasteiger partial charge is 0.381 e. The predicted molar refractivity (Wildman–Crippen MR) is 82.8 cm³/mol. The molecule has 108 valence electrons. The fourth-order valence-corrected chi connectivity index (χ4v) is 0.670. The lowest BCUT2D eigenvalue weighted by Gasteiger charge is -1.93. The highest BCUT2D eigenvalue weighted by atomic mass is 16.5. The lowest BCUT2D eigenvalue weighted by Crippen LogP contribution is -2.06. The molecule has 0 aromatic carbocycles. The Morgan fingerprint density at radius 2 is 1.59 bits per heavy atom. The number of unbranched alkanes of at least 4 members (excludes halogenated alkanes) is 2. The fraction of sp³-hybridized carbons (Fsp3) is 0.867. The van der Waals surface area contributed by atoms with Gasteiger partial charge in [-0.1, -0.05) is 60.0 Å². The third kappa shape index (κ3) is 91.2. The molecule has 0 unspecified atom stereocenters. The van der Waals surface area contributed by atoms with Crippen LogP contribution in [0.3, 0.4) is 0 Å². The number of hydrogen-bond acceptors (Lipinski definition) is 2. The highest BCUT2D eigenvalue weighted by Crippen LogP contribution is 1.89. The summed E-state index contributed by atoms with van der Waals surface area (Å²) in [6.45, 7) is 15.7. The summed E-state index contributed by atoms with van der Waals surface area (Å²) in [6, 6.07) is 0. The lowest BCUT2D eigenvalue weighted by atomic mass is 10.2. The zero-order valence-electron chi connectivity index (χ0n) is 13.4. The van der Waals surface area contributed by atoms with Crippen molar-refractivity contribution in [3.05, 3.63) is 12.7 Å². The SMILES string of the molecule is C=CCOC.CC.CCC.CCCCCNC. The Kier molecular flexibility index (Phi) is 67.3. The molecule has 0 fully saturated rings. The van der Waals surface area contributed by atoms with Gasteiger partial charge in [-0.05, 0) is 20.0 Å². The number of nitrogens with one attached hydrogen (secondary N) is 1. The van der Waals surface area contributed by atoms with Gasteiger partial charge in [0, 0.05) is 7.11 Å². The molecular formula is C15H37NO. The van der Waals surface area contributed by atoms with Gasteiger partial charge in [-0.3, -0.25) is 0 Å². The first-order chi connectivity index (χ1) is 8.24. The van der Waals surface area contributed by atoms with Gasteiger partial charge >= 0.3 is 0 Å². The molecule has 0 aliphatic carbocycles. The maximum atomic E-state index is 4.57. The number of ether oxygens (including phenoxy) is 1. The van der Waals surface area contributed by atoms with Crippen LogP contribution in [-0.4, -0.2) is 27.3 Å². The second-order valence-electron chi connectivity index (χ2n) is 3.26. The number of methoxy groups -OCH3 is 1. The number of rotatable bonds is 6. The van der Waals surface area contributed by atoms with Crippen LogP contribution in [-0.2, 0) is 4.74 Å². The summed E-state index contributed by atoms with van der Waals surface area (Å²) < 4.78 is 4.57. The minimum Gasteiger partial charge on any atom is -0.381 e. The molecule has 1 N–H and O–H groups in total. The van der Waals surface area contributed by atoms with Gasteiger partial charge in [-0.25, -0.2) is 0 Å². The smallest absolute Gasteiger partial charge is 0.0641 e. The van der Waals surface area contributed by atoms with E-state index in [4.69, 9.17) is 0 Å². The van der Waals surface area contributed by atoms with E-state index in [1.165, 1.54) is 32.2 Å². The Hall–Kier alpha value is -0.340. The van der Waals surface area contributed by atoms with Crippen molar-refractivity contribution in [1.29, 1.82) is 0 Å². The van der Waals surface area contributed by atoms with Crippen molar-refractivity contribution in [3.63, 3.8) is 0 Å². The minimum atomic E-state index is 0.653. The van der Waals surface area contributed by atoms with Crippen LogP contribution in [0.25, 0.3) is 0 Å². The summed E-state index contributed by atoms with van der Waals surface area (Å²) in [5.74, 6) is 0. The van der Waals surface area contributed by atoms with E-state index in [9.17, 15) is 0 Å². The molecule has 0 aromatic rings. The van der Waals surface area contributed by atoms with Crippen molar-refractivity contribution in [2.75, 3.05) is 27.3 Å². The summed E-state index contributed by atoms with van der Waals surface area (Å²) in [4.78, 5) is 0. The van der Waals surface area contributed by atoms with Gasteiger partial charge in [0.25, 0.3) is 0 Å². The van der Waals surface area contributed by atoms with Crippen molar-refractivity contribution in [2.45, 2.75) is 60.3 Å². The Morgan fingerprint density at radius 3 is 1.76 bits per heavy atom. The van der Waals surface area contributed by atoms with Gasteiger partial charge in [-0.2, -0.15) is 0 Å². The predicted octanol–water partition coefficient (Wildman–Crippen LogP) is 4.66. The molecule has 2 nitrogen and oxygen atoms in total. The quantitative estimate of drug-likeness (QED) is 0.544. The molecule has 0 atom stereocenters. The topological polar surface area (TPSA) is 21.3 Å². The van der Waals surface area contributed by atoms with E-state index in [1.807, 2.05) is 20.9 Å². The first-order valence-corrected chi connectivity index (χ1v) is 6.99. The van der Waals surface area contributed by atoms with Crippen LogP contribution in [0.1, 0.15) is 60.3 Å². The Balaban J connectivity index is -0.0000000743. The molecule has 2 heteroatoms. The molecule has 0 saturated carbocycles. The Morgan fingerprint density at radius 1 is 1.12 bits per heavy atom. The maximum Gasteiger partial charge on any atom is 0.0641 e. The third-order valence-electron chi connectivity index (χ3n) is 1.31. The molecule has 0 aromatic heterocycles. The molecule has 17 heavy (non-hydrogen) atoms. The first-order valence-electron chi connectivity index (χ1n) is 6.99. The van der Waals surface area contributed by atoms with Crippen LogP contribution in [0.15, 0.2) is 12.7 Å². The normalized spacial score (nSPS) is 7.47. The van der Waals surface area contributed by atoms with Crippen LogP contribution in [0.2, 0.25) is 0 Å². The van der Waals surface area contributed by atoms with Gasteiger partial charge in [0.15, 0.2) is 0 Å². The zero-order valence-corrected chi connectivity index (χ0v) is 13.4. The minimum absolute atomic E-state index is 0.653. The van der Waals surface area contributed by atoms with E-state index in [0.29, 0.717) is 6.61 Å². The average Bonchev–Trinajstić information content (AvgIpc) is 2.35. The summed E-state index contributed by atoms with van der Waals surface area (Å²) in [5, 5.41) is 3.10. The molecule has 0 aliphatic heterocycles. The van der Waals surface area contributed by atoms with Gasteiger partial charge in [0.2, 0.25) is 0 Å². The third-order valence-corrected chi connectivity index (χ3v) is 1.31. The van der Waals surface area contributed by atoms with Gasteiger partial charge < -0.3 is 10.1 Å². The number of hydrogen-bond donors (Lipinski definition) is 1. The van der Waals surface area contributed by atoms with Crippen molar-refractivity contribution < 1.29 is 4.74 Å².